The van der Waals surface area contributed by atoms with E-state index in [2.05, 4.69) is 9.97 Å². The van der Waals surface area contributed by atoms with Crippen LogP contribution < -0.4 is 5.73 Å². The number of aromatic nitrogens is 2. The Morgan fingerprint density at radius 1 is 1.43 bits per heavy atom. The summed E-state index contributed by atoms with van der Waals surface area (Å²) in [5, 5.41) is 0. The van der Waals surface area contributed by atoms with Crippen molar-refractivity contribution >= 4 is 0 Å². The summed E-state index contributed by atoms with van der Waals surface area (Å²) in [7, 11) is 0. The highest BCUT2D eigenvalue weighted by Crippen LogP contribution is 2.52. The summed E-state index contributed by atoms with van der Waals surface area (Å²) >= 11 is 0. The van der Waals surface area contributed by atoms with Crippen LogP contribution in [0.2, 0.25) is 0 Å². The molecule has 2 aliphatic carbocycles. The average molecular weight is 191 g/mol. The first-order chi connectivity index (χ1) is 6.86. The standard InChI is InChI=1S/C11H17N3/c12-5-9-6-13-11(14-9)10-4-7-1-2-8(10)3-7/h6-8,10H,1-5,12H2,(H,13,14). The van der Waals surface area contributed by atoms with Gasteiger partial charge in [-0.05, 0) is 31.1 Å². The molecule has 0 aromatic carbocycles. The molecule has 3 heteroatoms. The van der Waals surface area contributed by atoms with Crippen LogP contribution in [0.5, 0.6) is 0 Å². The smallest absolute Gasteiger partial charge is 0.109 e. The van der Waals surface area contributed by atoms with Gasteiger partial charge in [-0.25, -0.2) is 4.98 Å². The summed E-state index contributed by atoms with van der Waals surface area (Å²) in [6, 6.07) is 0. The van der Waals surface area contributed by atoms with Crippen LogP contribution in [0, 0.1) is 11.8 Å². The van der Waals surface area contributed by atoms with Gasteiger partial charge in [-0.15, -0.1) is 0 Å². The van der Waals surface area contributed by atoms with Gasteiger partial charge < -0.3 is 10.7 Å². The van der Waals surface area contributed by atoms with Gasteiger partial charge in [-0.2, -0.15) is 0 Å². The monoisotopic (exact) mass is 191 g/mol. The Bertz CT molecular complexity index is 331. The zero-order valence-electron chi connectivity index (χ0n) is 8.37. The number of nitrogens with two attached hydrogens (primary N) is 1. The molecule has 2 fully saturated rings. The average Bonchev–Trinajstić information content (AvgIpc) is 2.93. The molecule has 3 N–H and O–H groups in total. The lowest BCUT2D eigenvalue weighted by Crippen LogP contribution is -2.10. The lowest BCUT2D eigenvalue weighted by atomic mass is 9.88. The minimum absolute atomic E-state index is 0.577. The molecule has 0 amide bonds. The molecule has 2 saturated carbocycles. The third kappa shape index (κ3) is 1.19. The lowest BCUT2D eigenvalue weighted by Gasteiger charge is -2.19. The van der Waals surface area contributed by atoms with Crippen molar-refractivity contribution < 1.29 is 0 Å². The fourth-order valence-electron chi connectivity index (χ4n) is 3.25. The summed E-state index contributed by atoms with van der Waals surface area (Å²) in [6.45, 7) is 0.577. The van der Waals surface area contributed by atoms with Gasteiger partial charge in [-0.1, -0.05) is 6.42 Å². The third-order valence-corrected chi connectivity index (χ3v) is 3.96. The first kappa shape index (κ1) is 8.48. The molecule has 0 radical (unpaired) electrons. The Kier molecular flexibility index (Phi) is 1.87. The van der Waals surface area contributed by atoms with E-state index in [1.165, 1.54) is 31.5 Å². The van der Waals surface area contributed by atoms with E-state index >= 15 is 0 Å². The number of nitrogens with zero attached hydrogens (tertiary/aromatic N) is 1. The topological polar surface area (TPSA) is 54.7 Å². The van der Waals surface area contributed by atoms with Crippen LogP contribution in [0.25, 0.3) is 0 Å². The van der Waals surface area contributed by atoms with Crippen molar-refractivity contribution in [1.29, 1.82) is 0 Å². The Morgan fingerprint density at radius 3 is 2.93 bits per heavy atom. The van der Waals surface area contributed by atoms with Gasteiger partial charge >= 0.3 is 0 Å². The van der Waals surface area contributed by atoms with Gasteiger partial charge in [0.1, 0.15) is 5.82 Å². The molecular formula is C11H17N3. The summed E-state index contributed by atoms with van der Waals surface area (Å²) in [5.41, 5.74) is 6.64. The maximum absolute atomic E-state index is 5.57. The van der Waals surface area contributed by atoms with Crippen molar-refractivity contribution in [2.75, 3.05) is 0 Å². The fourth-order valence-corrected chi connectivity index (χ4v) is 3.25. The largest absolute Gasteiger partial charge is 0.345 e. The molecule has 0 saturated heterocycles. The number of hydrogen-bond acceptors (Lipinski definition) is 2. The molecule has 1 aromatic rings. The van der Waals surface area contributed by atoms with Crippen molar-refractivity contribution in [3.05, 3.63) is 17.7 Å². The number of rotatable bonds is 2. The molecule has 3 unspecified atom stereocenters. The molecule has 0 spiro atoms. The van der Waals surface area contributed by atoms with Crippen LogP contribution in [0.1, 0.15) is 43.1 Å². The Morgan fingerprint density at radius 2 is 2.36 bits per heavy atom. The Hall–Kier alpha value is -0.830. The summed E-state index contributed by atoms with van der Waals surface area (Å²) in [6.07, 6.45) is 7.53. The highest BCUT2D eigenvalue weighted by molar-refractivity contribution is 5.11. The van der Waals surface area contributed by atoms with E-state index in [0.717, 1.165) is 17.5 Å². The van der Waals surface area contributed by atoms with Crippen LogP contribution in [-0.2, 0) is 6.54 Å². The minimum Gasteiger partial charge on any atom is -0.345 e. The Labute approximate surface area is 84.1 Å². The minimum atomic E-state index is 0.577. The second kappa shape index (κ2) is 3.09. The normalized spacial score (nSPS) is 35.4. The first-order valence-electron chi connectivity index (χ1n) is 5.60. The number of H-pyrrole nitrogens is 1. The number of hydrogen-bond donors (Lipinski definition) is 2. The molecule has 2 aliphatic rings. The molecule has 2 bridgehead atoms. The number of fused-ring (bicyclic) bond motifs is 2. The van der Waals surface area contributed by atoms with Crippen molar-refractivity contribution in [2.45, 2.75) is 38.1 Å². The quantitative estimate of drug-likeness (QED) is 0.748. The molecule has 0 aliphatic heterocycles. The van der Waals surface area contributed by atoms with Gasteiger partial charge in [0.25, 0.3) is 0 Å². The lowest BCUT2D eigenvalue weighted by molar-refractivity contribution is 0.407. The maximum atomic E-state index is 5.57. The van der Waals surface area contributed by atoms with Crippen molar-refractivity contribution in [2.24, 2.45) is 17.6 Å². The van der Waals surface area contributed by atoms with Crippen molar-refractivity contribution in [3.63, 3.8) is 0 Å². The maximum Gasteiger partial charge on any atom is 0.109 e. The van der Waals surface area contributed by atoms with Gasteiger partial charge in [0.15, 0.2) is 0 Å². The van der Waals surface area contributed by atoms with Gasteiger partial charge in [0.05, 0.1) is 0 Å². The van der Waals surface area contributed by atoms with Crippen LogP contribution in [0.15, 0.2) is 6.20 Å². The number of aromatic amines is 1. The predicted octanol–water partition coefficient (Wildman–Crippen LogP) is 1.77. The predicted molar refractivity (Wildman–Crippen MR) is 54.7 cm³/mol. The van der Waals surface area contributed by atoms with E-state index in [-0.39, 0.29) is 0 Å². The summed E-state index contributed by atoms with van der Waals surface area (Å²) < 4.78 is 0. The second-order valence-corrected chi connectivity index (χ2v) is 4.78. The highest BCUT2D eigenvalue weighted by Gasteiger charge is 2.41. The van der Waals surface area contributed by atoms with Crippen LogP contribution in [0.3, 0.4) is 0 Å². The highest BCUT2D eigenvalue weighted by atomic mass is 14.9. The van der Waals surface area contributed by atoms with Crippen molar-refractivity contribution in [3.8, 4) is 0 Å². The van der Waals surface area contributed by atoms with Crippen LogP contribution >= 0.6 is 0 Å². The fraction of sp³-hybridized carbons (Fsp3) is 0.727. The van der Waals surface area contributed by atoms with E-state index in [1.807, 2.05) is 6.20 Å². The third-order valence-electron chi connectivity index (χ3n) is 3.96. The molecule has 3 nitrogen and oxygen atoms in total. The second-order valence-electron chi connectivity index (χ2n) is 4.78. The van der Waals surface area contributed by atoms with E-state index < -0.39 is 0 Å². The van der Waals surface area contributed by atoms with Gasteiger partial charge in [0, 0.05) is 24.4 Å². The molecule has 3 atom stereocenters. The molecule has 1 heterocycles. The molecular weight excluding hydrogens is 174 g/mol. The summed E-state index contributed by atoms with van der Waals surface area (Å²) in [5.74, 6) is 3.78. The van der Waals surface area contributed by atoms with E-state index in [4.69, 9.17) is 5.73 Å². The zero-order chi connectivity index (χ0) is 9.54. The van der Waals surface area contributed by atoms with Crippen molar-refractivity contribution in [1.82, 2.24) is 9.97 Å². The van der Waals surface area contributed by atoms with Crippen LogP contribution in [-0.4, -0.2) is 9.97 Å². The van der Waals surface area contributed by atoms with E-state index in [0.29, 0.717) is 12.5 Å². The van der Waals surface area contributed by atoms with Gasteiger partial charge in [0.2, 0.25) is 0 Å². The molecule has 1 aromatic heterocycles. The molecule has 3 rings (SSSR count). The zero-order valence-corrected chi connectivity index (χ0v) is 8.37. The summed E-state index contributed by atoms with van der Waals surface area (Å²) in [4.78, 5) is 7.81. The van der Waals surface area contributed by atoms with Gasteiger partial charge in [-0.3, -0.25) is 0 Å². The van der Waals surface area contributed by atoms with E-state index in [9.17, 15) is 0 Å². The first-order valence-corrected chi connectivity index (χ1v) is 5.60. The van der Waals surface area contributed by atoms with Crippen LogP contribution in [0.4, 0.5) is 0 Å². The molecule has 76 valence electrons. The van der Waals surface area contributed by atoms with E-state index in [1.54, 1.807) is 0 Å². The molecule has 14 heavy (non-hydrogen) atoms. The number of nitrogens with one attached hydrogen (secondary N) is 1. The SMILES string of the molecule is NCc1cnc(C2CC3CCC2C3)[nH]1. The Balaban J connectivity index is 1.82. The number of imidazole rings is 1.